The van der Waals surface area contributed by atoms with Crippen molar-refractivity contribution in [2.45, 2.75) is 32.6 Å². The molecule has 0 saturated heterocycles. The van der Waals surface area contributed by atoms with E-state index in [0.717, 1.165) is 11.1 Å². The molecule has 1 aromatic heterocycles. The number of nitrogens with zero attached hydrogens (tertiary/aromatic N) is 2. The highest BCUT2D eigenvalue weighted by Crippen LogP contribution is 2.15. The molecule has 1 amide bonds. The number of benzene rings is 2. The Morgan fingerprint density at radius 1 is 0.914 bits per heavy atom. The van der Waals surface area contributed by atoms with Crippen LogP contribution in [0.25, 0.3) is 0 Å². The summed E-state index contributed by atoms with van der Waals surface area (Å²) < 4.78 is 11.8. The van der Waals surface area contributed by atoms with Crippen LogP contribution in [0.1, 0.15) is 35.6 Å². The van der Waals surface area contributed by atoms with Crippen molar-refractivity contribution in [3.63, 3.8) is 0 Å². The predicted molar refractivity (Wildman–Crippen MR) is 129 cm³/mol. The van der Waals surface area contributed by atoms with E-state index in [1.807, 2.05) is 60.7 Å². The van der Waals surface area contributed by atoms with Crippen LogP contribution in [0, 0.1) is 0 Å². The molecule has 0 radical (unpaired) electrons. The van der Waals surface area contributed by atoms with E-state index >= 15 is 0 Å². The van der Waals surface area contributed by atoms with Gasteiger partial charge in [0, 0.05) is 6.54 Å². The predicted octanol–water partition coefficient (Wildman–Crippen LogP) is 1.86. The Labute approximate surface area is 203 Å². The van der Waals surface area contributed by atoms with Crippen LogP contribution < -0.4 is 16.4 Å². The molecular formula is C25H29N5O5. The van der Waals surface area contributed by atoms with E-state index in [0.29, 0.717) is 0 Å². The molecule has 4 N–H and O–H groups in total. The quantitative estimate of drug-likeness (QED) is 0.215. The zero-order valence-electron chi connectivity index (χ0n) is 19.7. The first-order chi connectivity index (χ1) is 16.9. The van der Waals surface area contributed by atoms with Crippen molar-refractivity contribution in [1.29, 1.82) is 0 Å². The first kappa shape index (κ1) is 25.4. The van der Waals surface area contributed by atoms with E-state index in [1.54, 1.807) is 13.8 Å². The minimum atomic E-state index is -2.31. The maximum atomic E-state index is 13.4. The zero-order chi connectivity index (χ0) is 25.3. The topological polar surface area (TPSA) is 138 Å². The highest BCUT2D eigenvalue weighted by Gasteiger charge is 2.51. The molecule has 2 aromatic carbocycles. The summed E-state index contributed by atoms with van der Waals surface area (Å²) in [5.74, 6) is -2.65. The number of esters is 2. The second-order valence-corrected chi connectivity index (χ2v) is 7.56. The third-order valence-corrected chi connectivity index (χ3v) is 5.14. The smallest absolute Gasteiger partial charge is 0.359 e. The molecule has 0 saturated carbocycles. The lowest BCUT2D eigenvalue weighted by Crippen LogP contribution is -2.70. The van der Waals surface area contributed by atoms with Gasteiger partial charge in [-0.25, -0.2) is 14.6 Å². The summed E-state index contributed by atoms with van der Waals surface area (Å²) in [4.78, 5) is 43.7. The van der Waals surface area contributed by atoms with Crippen LogP contribution in [0.15, 0.2) is 66.9 Å². The first-order valence-corrected chi connectivity index (χ1v) is 11.2. The molecule has 10 heteroatoms. The number of hydrogen-bond acceptors (Lipinski definition) is 8. The third-order valence-electron chi connectivity index (χ3n) is 5.14. The van der Waals surface area contributed by atoms with E-state index in [-0.39, 0.29) is 37.9 Å². The second-order valence-electron chi connectivity index (χ2n) is 7.56. The molecule has 0 aliphatic rings. The summed E-state index contributed by atoms with van der Waals surface area (Å²) in [6, 6.07) is 18.4. The lowest BCUT2D eigenvalue weighted by atomic mass is 10.1. The molecule has 35 heavy (non-hydrogen) atoms. The van der Waals surface area contributed by atoms with Gasteiger partial charge >= 0.3 is 11.9 Å². The summed E-state index contributed by atoms with van der Waals surface area (Å²) in [5.41, 5.74) is 5.41. The number of aromatic nitrogens is 2. The molecule has 0 aliphatic heterocycles. The van der Waals surface area contributed by atoms with Crippen molar-refractivity contribution in [2.24, 2.45) is 0 Å². The van der Waals surface area contributed by atoms with Gasteiger partial charge in [-0.05, 0) is 25.0 Å². The molecule has 0 atom stereocenters. The normalized spacial score (nSPS) is 11.0. The molecule has 3 rings (SSSR count). The summed E-state index contributed by atoms with van der Waals surface area (Å²) in [7, 11) is 0. The van der Waals surface area contributed by atoms with Crippen LogP contribution in [0.3, 0.4) is 0 Å². The van der Waals surface area contributed by atoms with Gasteiger partial charge in [-0.15, -0.1) is 0 Å². The van der Waals surface area contributed by atoms with E-state index in [1.165, 1.54) is 10.8 Å². The van der Waals surface area contributed by atoms with Gasteiger partial charge in [0.15, 0.2) is 0 Å². The van der Waals surface area contributed by atoms with Gasteiger partial charge in [-0.1, -0.05) is 60.7 Å². The van der Waals surface area contributed by atoms with E-state index in [9.17, 15) is 14.4 Å². The monoisotopic (exact) mass is 479 g/mol. The summed E-state index contributed by atoms with van der Waals surface area (Å²) >= 11 is 0. The number of ether oxygens (including phenoxy) is 2. The lowest BCUT2D eigenvalue weighted by molar-refractivity contribution is -0.168. The number of carbonyl (C=O) groups excluding carboxylic acids is 3. The van der Waals surface area contributed by atoms with Crippen LogP contribution in [0.4, 0.5) is 5.82 Å². The van der Waals surface area contributed by atoms with Crippen LogP contribution in [0.5, 0.6) is 0 Å². The maximum absolute atomic E-state index is 13.4. The number of anilines is 1. The zero-order valence-corrected chi connectivity index (χ0v) is 19.7. The van der Waals surface area contributed by atoms with Gasteiger partial charge in [-0.2, -0.15) is 0 Å². The van der Waals surface area contributed by atoms with Gasteiger partial charge in [0.1, 0.15) is 5.82 Å². The van der Waals surface area contributed by atoms with E-state index in [4.69, 9.17) is 15.2 Å². The molecular weight excluding hydrogens is 450 g/mol. The number of nitrogens with two attached hydrogens (primary N) is 1. The summed E-state index contributed by atoms with van der Waals surface area (Å²) in [6.07, 6.45) is 1.34. The highest BCUT2D eigenvalue weighted by atomic mass is 16.6. The van der Waals surface area contributed by atoms with Crippen LogP contribution in [0.2, 0.25) is 0 Å². The molecule has 0 aliphatic carbocycles. The van der Waals surface area contributed by atoms with Crippen LogP contribution >= 0.6 is 0 Å². The summed E-state index contributed by atoms with van der Waals surface area (Å²) in [6.45, 7) is 3.50. The van der Waals surface area contributed by atoms with Crippen molar-refractivity contribution < 1.29 is 23.9 Å². The van der Waals surface area contributed by atoms with Gasteiger partial charge in [0.05, 0.1) is 26.0 Å². The Morgan fingerprint density at radius 2 is 1.46 bits per heavy atom. The molecule has 1 heterocycles. The number of nitrogens with one attached hydrogen (secondary N) is 2. The Morgan fingerprint density at radius 3 is 2.00 bits per heavy atom. The SMILES string of the molecule is CCOC(=O)C(NCc1ccccc1)(NC(=O)c1ncc(N)n1Cc1ccccc1)C(=O)OCC. The van der Waals surface area contributed by atoms with Crippen molar-refractivity contribution in [3.8, 4) is 0 Å². The van der Waals surface area contributed by atoms with Gasteiger partial charge in [-0.3, -0.25) is 10.1 Å². The third kappa shape index (κ3) is 6.04. The standard InChI is InChI=1S/C25H29N5O5/c1-3-34-23(32)25(24(33)35-4-2,28-15-18-11-7-5-8-12-18)29-22(31)21-27-16-20(26)30(21)17-19-13-9-6-10-14-19/h5-14,16,28H,3-4,15,17,26H2,1-2H3,(H,29,31). The molecule has 0 spiro atoms. The molecule has 10 nitrogen and oxygen atoms in total. The van der Waals surface area contributed by atoms with Gasteiger partial charge < -0.3 is 25.1 Å². The second kappa shape index (κ2) is 11.8. The van der Waals surface area contributed by atoms with Crippen LogP contribution in [-0.4, -0.2) is 46.3 Å². The molecule has 0 bridgehead atoms. The highest BCUT2D eigenvalue weighted by molar-refractivity contribution is 6.09. The number of amides is 1. The number of rotatable bonds is 11. The summed E-state index contributed by atoms with van der Waals surface area (Å²) in [5, 5.41) is 5.33. The van der Waals surface area contributed by atoms with E-state index < -0.39 is 23.5 Å². The Balaban J connectivity index is 1.96. The van der Waals surface area contributed by atoms with Crippen molar-refractivity contribution in [2.75, 3.05) is 18.9 Å². The number of hydrogen-bond donors (Lipinski definition) is 3. The molecule has 3 aromatic rings. The van der Waals surface area contributed by atoms with Gasteiger partial charge in [0.25, 0.3) is 11.6 Å². The van der Waals surface area contributed by atoms with Crippen LogP contribution in [-0.2, 0) is 32.2 Å². The largest absolute Gasteiger partial charge is 0.463 e. The average Bonchev–Trinajstić information content (AvgIpc) is 3.23. The first-order valence-electron chi connectivity index (χ1n) is 11.2. The van der Waals surface area contributed by atoms with Crippen molar-refractivity contribution >= 4 is 23.7 Å². The van der Waals surface area contributed by atoms with Crippen molar-refractivity contribution in [1.82, 2.24) is 20.2 Å². The fourth-order valence-electron chi connectivity index (χ4n) is 3.41. The maximum Gasteiger partial charge on any atom is 0.359 e. The molecule has 0 unspecified atom stereocenters. The minimum absolute atomic E-state index is 0.0154. The Bertz CT molecular complexity index is 1130. The fraction of sp³-hybridized carbons (Fsp3) is 0.280. The minimum Gasteiger partial charge on any atom is -0.463 e. The number of nitrogen functional groups attached to an aromatic ring is 1. The fourth-order valence-corrected chi connectivity index (χ4v) is 3.41. The Hall–Kier alpha value is -4.18. The van der Waals surface area contributed by atoms with E-state index in [2.05, 4.69) is 15.6 Å². The Kier molecular flexibility index (Phi) is 8.58. The lowest BCUT2D eigenvalue weighted by Gasteiger charge is -2.31. The number of imidazole rings is 1. The average molecular weight is 480 g/mol. The number of carbonyl (C=O) groups is 3. The molecule has 0 fully saturated rings. The van der Waals surface area contributed by atoms with Crippen molar-refractivity contribution in [3.05, 3.63) is 83.8 Å². The molecule has 184 valence electrons. The van der Waals surface area contributed by atoms with Gasteiger partial charge in [0.2, 0.25) is 5.82 Å².